The van der Waals surface area contributed by atoms with Gasteiger partial charge in [-0.2, -0.15) is 0 Å². The molecule has 0 spiro atoms. The topological polar surface area (TPSA) is 16.4 Å². The van der Waals surface area contributed by atoms with Crippen LogP contribution >= 0.6 is 0 Å². The van der Waals surface area contributed by atoms with Gasteiger partial charge < -0.3 is 9.32 Å². The molecule has 1 heterocycles. The van der Waals surface area contributed by atoms with Crippen LogP contribution in [0.5, 0.6) is 0 Å². The van der Waals surface area contributed by atoms with Crippen LogP contribution < -0.4 is 4.90 Å². The van der Waals surface area contributed by atoms with Crippen LogP contribution in [0.25, 0.3) is 56.3 Å². The van der Waals surface area contributed by atoms with Crippen molar-refractivity contribution in [3.63, 3.8) is 0 Å². The largest absolute Gasteiger partial charge is 0.454 e. The van der Waals surface area contributed by atoms with Crippen LogP contribution in [0.4, 0.5) is 34.6 Å². The molecule has 0 fully saturated rings. The predicted molar refractivity (Wildman–Crippen MR) is 283 cm³/mol. The number of benzene rings is 10. The predicted octanol–water partition coefficient (Wildman–Crippen LogP) is 17.6. The minimum Gasteiger partial charge on any atom is -0.454 e. The first kappa shape index (κ1) is 43.1. The van der Waals surface area contributed by atoms with Crippen LogP contribution in [0.2, 0.25) is 0 Å². The van der Waals surface area contributed by atoms with Crippen LogP contribution in [-0.4, -0.2) is 0 Å². The number of furan rings is 1. The molecule has 2 aliphatic rings. The summed E-state index contributed by atoms with van der Waals surface area (Å²) in [5.74, 6) is -2.75. The fourth-order valence-corrected chi connectivity index (χ4v) is 12.0. The van der Waals surface area contributed by atoms with E-state index >= 15 is 17.6 Å². The maximum atomic E-state index is 15.8. The fourth-order valence-electron chi connectivity index (χ4n) is 12.0. The number of halogens is 4. The molecule has 0 amide bonds. The summed E-state index contributed by atoms with van der Waals surface area (Å²) in [6.07, 6.45) is 3.54. The quantitative estimate of drug-likeness (QED) is 0.134. The first-order valence-electron chi connectivity index (χ1n) is 23.8. The molecule has 0 bridgehead atoms. The van der Waals surface area contributed by atoms with Gasteiger partial charge in [-0.15, -0.1) is 0 Å². The normalized spacial score (nSPS) is 16.3. The minimum atomic E-state index is -1.19. The Balaban J connectivity index is 1.13. The Morgan fingerprint density at radius 3 is 1.29 bits per heavy atom. The van der Waals surface area contributed by atoms with Crippen molar-refractivity contribution in [3.05, 3.63) is 304 Å². The summed E-state index contributed by atoms with van der Waals surface area (Å²) in [6.45, 7) is 7.99. The number of rotatable bonds is 9. The second-order valence-electron chi connectivity index (χ2n) is 18.6. The Morgan fingerprint density at radius 2 is 0.806 bits per heavy atom. The van der Waals surface area contributed by atoms with Gasteiger partial charge in [-0.05, 0) is 139 Å². The third-order valence-electron chi connectivity index (χ3n) is 14.9. The van der Waals surface area contributed by atoms with Crippen molar-refractivity contribution in [2.45, 2.75) is 10.8 Å². The summed E-state index contributed by atoms with van der Waals surface area (Å²) in [5.41, 5.74) is 12.6. The first-order chi connectivity index (χ1) is 35.2. The van der Waals surface area contributed by atoms with Gasteiger partial charge in [0.2, 0.25) is 0 Å². The summed E-state index contributed by atoms with van der Waals surface area (Å²) < 4.78 is 70.0. The monoisotopic (exact) mass is 939 g/mol. The Morgan fingerprint density at radius 1 is 0.375 bits per heavy atom. The van der Waals surface area contributed by atoms with Crippen LogP contribution in [0.3, 0.4) is 0 Å². The summed E-state index contributed by atoms with van der Waals surface area (Å²) in [7, 11) is 0. The van der Waals surface area contributed by atoms with Crippen molar-refractivity contribution in [2.75, 3.05) is 4.90 Å². The van der Waals surface area contributed by atoms with Gasteiger partial charge in [-0.3, -0.25) is 0 Å². The molecule has 2 nitrogen and oxygen atoms in total. The first-order valence-corrected chi connectivity index (χ1v) is 23.8. The second-order valence-corrected chi connectivity index (χ2v) is 18.6. The van der Waals surface area contributed by atoms with Gasteiger partial charge in [0.25, 0.3) is 0 Å². The smallest absolute Gasteiger partial charge is 0.159 e. The Kier molecular flexibility index (Phi) is 9.74. The molecular formula is C66H41F4NO. The number of fused-ring (bicyclic) bond motifs is 9. The van der Waals surface area contributed by atoms with E-state index in [0.29, 0.717) is 16.7 Å². The van der Waals surface area contributed by atoms with Gasteiger partial charge in [0.15, 0.2) is 5.58 Å². The van der Waals surface area contributed by atoms with Gasteiger partial charge in [0.1, 0.15) is 28.9 Å². The van der Waals surface area contributed by atoms with E-state index in [-0.39, 0.29) is 0 Å². The van der Waals surface area contributed by atoms with E-state index in [0.717, 1.165) is 112 Å². The lowest BCUT2D eigenvalue weighted by molar-refractivity contribution is 0.573. The highest BCUT2D eigenvalue weighted by atomic mass is 19.1. The molecule has 0 saturated carbocycles. The van der Waals surface area contributed by atoms with Crippen LogP contribution in [0.15, 0.2) is 230 Å². The number of anilines is 3. The lowest BCUT2D eigenvalue weighted by Gasteiger charge is -2.36. The summed E-state index contributed by atoms with van der Waals surface area (Å²) in [6, 6.07) is 66.2. The zero-order chi connectivity index (χ0) is 48.9. The average molecular weight is 940 g/mol. The zero-order valence-corrected chi connectivity index (χ0v) is 38.6. The molecule has 0 aliphatic heterocycles. The molecule has 344 valence electrons. The lowest BCUT2D eigenvalue weighted by Crippen LogP contribution is -2.29. The third-order valence-corrected chi connectivity index (χ3v) is 14.9. The number of hydrogen-bond donors (Lipinski definition) is 0. The molecule has 13 rings (SSSR count). The van der Waals surface area contributed by atoms with E-state index < -0.39 is 34.1 Å². The molecule has 10 aromatic carbocycles. The zero-order valence-electron chi connectivity index (χ0n) is 38.6. The highest BCUT2D eigenvalue weighted by molar-refractivity contribution is 6.10. The number of para-hydroxylation sites is 2. The van der Waals surface area contributed by atoms with Crippen LogP contribution in [0.1, 0.15) is 55.6 Å². The van der Waals surface area contributed by atoms with E-state index in [1.54, 1.807) is 12.2 Å². The van der Waals surface area contributed by atoms with Crippen molar-refractivity contribution in [2.24, 2.45) is 0 Å². The van der Waals surface area contributed by atoms with E-state index in [4.69, 9.17) is 4.42 Å². The summed E-state index contributed by atoms with van der Waals surface area (Å²) in [5, 5.41) is 1.86. The molecule has 2 unspecified atom stereocenters. The summed E-state index contributed by atoms with van der Waals surface area (Å²) >= 11 is 0. The van der Waals surface area contributed by atoms with Crippen molar-refractivity contribution < 1.29 is 22.0 Å². The molecule has 2 atom stereocenters. The molecule has 6 heteroatoms. The van der Waals surface area contributed by atoms with Crippen molar-refractivity contribution >= 4 is 51.2 Å². The lowest BCUT2D eigenvalue weighted by atomic mass is 9.67. The highest BCUT2D eigenvalue weighted by Crippen LogP contribution is 2.60. The molecule has 0 saturated heterocycles. The Hall–Kier alpha value is -9.00. The van der Waals surface area contributed by atoms with Crippen LogP contribution in [0, 0.1) is 23.3 Å². The molecule has 0 radical (unpaired) electrons. The number of hydrogen-bond acceptors (Lipinski definition) is 2. The molecular weight excluding hydrogens is 899 g/mol. The fraction of sp³-hybridized carbons (Fsp3) is 0.0303. The van der Waals surface area contributed by atoms with Gasteiger partial charge >= 0.3 is 0 Å². The summed E-state index contributed by atoms with van der Waals surface area (Å²) in [4.78, 5) is 2.16. The molecule has 72 heavy (non-hydrogen) atoms. The minimum absolute atomic E-state index is 0.436. The van der Waals surface area contributed by atoms with Gasteiger partial charge in [-0.25, -0.2) is 17.6 Å². The molecule has 2 aliphatic carbocycles. The maximum Gasteiger partial charge on any atom is 0.159 e. The van der Waals surface area contributed by atoms with Gasteiger partial charge in [0.05, 0.1) is 16.5 Å². The average Bonchev–Trinajstić information content (AvgIpc) is 4.03. The molecule has 1 aromatic heterocycles. The van der Waals surface area contributed by atoms with Gasteiger partial charge in [-0.1, -0.05) is 165 Å². The van der Waals surface area contributed by atoms with Crippen molar-refractivity contribution in [1.82, 2.24) is 0 Å². The van der Waals surface area contributed by atoms with Crippen molar-refractivity contribution in [1.29, 1.82) is 0 Å². The molecule has 0 N–H and O–H groups in total. The molecule has 11 aromatic rings. The standard InChI is InChI=1S/C66H41F4NO/c1-3-40-20-24-42(25-21-40)65(44-32-46(67)36-47(68)33-44)58-16-8-5-12-52(58)54-30-28-50(38-60(54)65)71(62-18-11-15-57-56-14-7-10-19-63(56)72-64(57)62)51-29-31-55-53-13-6-9-17-59(53)66(61(55)39-51,43-26-22-41(4-2)23-27-43)45-34-48(69)37-49(70)35-45/h3-39H,1-2H2. The number of nitrogens with zero attached hydrogens (tertiary/aromatic N) is 1. The Labute approximate surface area is 413 Å². The van der Waals surface area contributed by atoms with Gasteiger partial charge in [0, 0.05) is 34.3 Å². The third kappa shape index (κ3) is 6.21. The van der Waals surface area contributed by atoms with E-state index in [9.17, 15) is 0 Å². The SMILES string of the molecule is C=Cc1ccc(C2(c3cc(F)cc(F)c3)c3ccccc3-c3ccc(N(c4ccc5c(c4)C(c4ccc(C=C)cc4)(c4cc(F)cc(F)c4)c4ccccc4-5)c4cccc5c4oc4ccccc45)cc32)cc1. The van der Waals surface area contributed by atoms with E-state index in [1.165, 1.54) is 24.3 Å². The van der Waals surface area contributed by atoms with E-state index in [1.807, 2.05) is 127 Å². The second kappa shape index (κ2) is 16.3. The van der Waals surface area contributed by atoms with E-state index in [2.05, 4.69) is 66.6 Å². The Bertz CT molecular complexity index is 3790. The highest BCUT2D eigenvalue weighted by Gasteiger charge is 2.49. The maximum absolute atomic E-state index is 15.8. The van der Waals surface area contributed by atoms with Crippen LogP contribution in [-0.2, 0) is 10.8 Å². The van der Waals surface area contributed by atoms with Crippen molar-refractivity contribution in [3.8, 4) is 22.3 Å².